The van der Waals surface area contributed by atoms with Crippen LogP contribution in [0.15, 0.2) is 34.4 Å². The predicted octanol–water partition coefficient (Wildman–Crippen LogP) is 5.17. The van der Waals surface area contributed by atoms with Crippen LogP contribution >= 0.6 is 0 Å². The molecule has 26 heavy (non-hydrogen) atoms. The topological polar surface area (TPSA) is 43.4 Å². The molecule has 0 aromatic rings. The van der Waals surface area contributed by atoms with Gasteiger partial charge in [0, 0.05) is 12.8 Å². The number of carbonyl (C=O) groups excluding carboxylic acids is 2. The van der Waals surface area contributed by atoms with Crippen LogP contribution in [0.4, 0.5) is 0 Å². The number of allylic oxidation sites excluding steroid dienone is 5. The Bertz CT molecular complexity index is 694. The number of rotatable bonds is 3. The molecular weight excluding hydrogens is 324 g/mol. The first-order chi connectivity index (χ1) is 12.3. The molecule has 0 spiro atoms. The Labute approximate surface area is 157 Å². The fraction of sp³-hybridized carbons (Fsp3) is 0.652. The van der Waals surface area contributed by atoms with Crippen LogP contribution in [-0.4, -0.2) is 18.4 Å². The predicted molar refractivity (Wildman–Crippen MR) is 103 cm³/mol. The number of carbonyl (C=O) groups is 2. The first-order valence-electron chi connectivity index (χ1n) is 10.0. The van der Waals surface area contributed by atoms with Crippen molar-refractivity contribution in [2.75, 3.05) is 0 Å². The molecule has 142 valence electrons. The molecule has 0 saturated heterocycles. The minimum absolute atomic E-state index is 0.117. The zero-order chi connectivity index (χ0) is 19.1. The maximum atomic E-state index is 11.7. The molecule has 3 heteroatoms. The lowest BCUT2D eigenvalue weighted by Gasteiger charge is -2.46. The molecule has 0 heterocycles. The highest BCUT2D eigenvalue weighted by molar-refractivity contribution is 5.74. The molecule has 4 atom stereocenters. The lowest BCUT2D eigenvalue weighted by molar-refractivity contribution is -0.145. The van der Waals surface area contributed by atoms with Crippen molar-refractivity contribution >= 4 is 12.3 Å². The zero-order valence-corrected chi connectivity index (χ0v) is 16.8. The SMILES string of the molecule is CC(=O)O[C@H]1CCC2C(C(C)C)=CC[C@@]2(C)C2C=C(C=O)CCC2=C1C. The summed E-state index contributed by atoms with van der Waals surface area (Å²) in [6.45, 7) is 10.6. The number of hydrogen-bond acceptors (Lipinski definition) is 3. The van der Waals surface area contributed by atoms with Crippen molar-refractivity contribution in [2.24, 2.45) is 23.2 Å². The van der Waals surface area contributed by atoms with Gasteiger partial charge >= 0.3 is 5.97 Å². The summed E-state index contributed by atoms with van der Waals surface area (Å²) in [7, 11) is 0. The van der Waals surface area contributed by atoms with E-state index in [1.807, 2.05) is 0 Å². The fourth-order valence-electron chi connectivity index (χ4n) is 5.53. The Morgan fingerprint density at radius 2 is 2.04 bits per heavy atom. The minimum atomic E-state index is -0.208. The largest absolute Gasteiger partial charge is 0.458 e. The molecule has 3 nitrogen and oxygen atoms in total. The Morgan fingerprint density at radius 3 is 2.65 bits per heavy atom. The maximum Gasteiger partial charge on any atom is 0.303 e. The smallest absolute Gasteiger partial charge is 0.303 e. The quantitative estimate of drug-likeness (QED) is 0.398. The third-order valence-corrected chi connectivity index (χ3v) is 6.96. The number of esters is 1. The van der Waals surface area contributed by atoms with Crippen LogP contribution in [0.3, 0.4) is 0 Å². The molecule has 3 rings (SSSR count). The van der Waals surface area contributed by atoms with E-state index in [9.17, 15) is 9.59 Å². The van der Waals surface area contributed by atoms with Crippen molar-refractivity contribution < 1.29 is 14.3 Å². The minimum Gasteiger partial charge on any atom is -0.458 e. The highest BCUT2D eigenvalue weighted by Gasteiger charge is 2.49. The maximum absolute atomic E-state index is 11.7. The molecule has 3 aliphatic carbocycles. The number of ether oxygens (including phenoxy) is 1. The molecule has 3 aliphatic rings. The Kier molecular flexibility index (Phi) is 5.28. The number of aldehydes is 1. The van der Waals surface area contributed by atoms with Crippen LogP contribution in [0.2, 0.25) is 0 Å². The van der Waals surface area contributed by atoms with E-state index in [1.54, 1.807) is 5.57 Å². The normalized spacial score (nSPS) is 34.3. The summed E-state index contributed by atoms with van der Waals surface area (Å²) < 4.78 is 5.71. The first-order valence-corrected chi connectivity index (χ1v) is 10.0. The summed E-state index contributed by atoms with van der Waals surface area (Å²) in [5.41, 5.74) is 5.19. The van der Waals surface area contributed by atoms with Crippen LogP contribution in [0.25, 0.3) is 0 Å². The van der Waals surface area contributed by atoms with Gasteiger partial charge in [-0.25, -0.2) is 0 Å². The Morgan fingerprint density at radius 1 is 1.31 bits per heavy atom. The average molecular weight is 357 g/mol. The summed E-state index contributed by atoms with van der Waals surface area (Å²) in [5.74, 6) is 1.06. The molecule has 0 radical (unpaired) electrons. The second-order valence-electron chi connectivity index (χ2n) is 8.84. The van der Waals surface area contributed by atoms with Gasteiger partial charge in [0.25, 0.3) is 0 Å². The summed E-state index contributed by atoms with van der Waals surface area (Å²) in [5, 5.41) is 0. The molecule has 0 N–H and O–H groups in total. The van der Waals surface area contributed by atoms with E-state index in [2.05, 4.69) is 39.8 Å². The Hall–Kier alpha value is -1.64. The second-order valence-corrected chi connectivity index (χ2v) is 8.84. The molecule has 0 amide bonds. The van der Waals surface area contributed by atoms with Gasteiger partial charge in [-0.3, -0.25) is 9.59 Å². The average Bonchev–Trinajstić information content (AvgIpc) is 2.94. The van der Waals surface area contributed by atoms with Crippen molar-refractivity contribution in [3.05, 3.63) is 34.4 Å². The van der Waals surface area contributed by atoms with E-state index < -0.39 is 0 Å². The van der Waals surface area contributed by atoms with E-state index in [1.165, 1.54) is 18.1 Å². The van der Waals surface area contributed by atoms with Gasteiger partial charge in [-0.2, -0.15) is 0 Å². The van der Waals surface area contributed by atoms with E-state index in [-0.39, 0.29) is 23.4 Å². The van der Waals surface area contributed by atoms with E-state index in [0.29, 0.717) is 11.8 Å². The molecule has 0 bridgehead atoms. The summed E-state index contributed by atoms with van der Waals surface area (Å²) in [4.78, 5) is 23.1. The molecule has 0 aromatic heterocycles. The van der Waals surface area contributed by atoms with E-state index >= 15 is 0 Å². The lowest BCUT2D eigenvalue weighted by atomic mass is 9.59. The van der Waals surface area contributed by atoms with Gasteiger partial charge in [0.1, 0.15) is 12.4 Å². The molecule has 0 saturated carbocycles. The van der Waals surface area contributed by atoms with Gasteiger partial charge in [0.05, 0.1) is 0 Å². The molecular formula is C23H32O3. The number of fused-ring (bicyclic) bond motifs is 3. The van der Waals surface area contributed by atoms with E-state index in [0.717, 1.165) is 44.0 Å². The highest BCUT2D eigenvalue weighted by Crippen LogP contribution is 2.57. The van der Waals surface area contributed by atoms with Gasteiger partial charge in [-0.05, 0) is 67.4 Å². The Balaban J connectivity index is 2.10. The van der Waals surface area contributed by atoms with Gasteiger partial charge in [0.2, 0.25) is 0 Å². The summed E-state index contributed by atoms with van der Waals surface area (Å²) >= 11 is 0. The third kappa shape index (κ3) is 3.21. The van der Waals surface area contributed by atoms with Crippen molar-refractivity contribution in [3.8, 4) is 0 Å². The van der Waals surface area contributed by atoms with Crippen molar-refractivity contribution in [2.45, 2.75) is 72.8 Å². The monoisotopic (exact) mass is 356 g/mol. The lowest BCUT2D eigenvalue weighted by Crippen LogP contribution is -2.39. The van der Waals surface area contributed by atoms with Gasteiger partial charge in [0.15, 0.2) is 0 Å². The van der Waals surface area contributed by atoms with Crippen LogP contribution < -0.4 is 0 Å². The highest BCUT2D eigenvalue weighted by atomic mass is 16.5. The van der Waals surface area contributed by atoms with Crippen molar-refractivity contribution in [3.63, 3.8) is 0 Å². The summed E-state index contributed by atoms with van der Waals surface area (Å²) in [6.07, 6.45) is 10.2. The van der Waals surface area contributed by atoms with Crippen LogP contribution in [0.5, 0.6) is 0 Å². The fourth-order valence-corrected chi connectivity index (χ4v) is 5.53. The van der Waals surface area contributed by atoms with Gasteiger partial charge in [-0.15, -0.1) is 0 Å². The molecule has 0 fully saturated rings. The van der Waals surface area contributed by atoms with Crippen molar-refractivity contribution in [1.82, 2.24) is 0 Å². The van der Waals surface area contributed by atoms with Crippen LogP contribution in [0, 0.1) is 23.2 Å². The first kappa shape index (κ1) is 19.1. The molecule has 2 unspecified atom stereocenters. The van der Waals surface area contributed by atoms with Crippen molar-refractivity contribution in [1.29, 1.82) is 0 Å². The second kappa shape index (κ2) is 7.17. The van der Waals surface area contributed by atoms with E-state index in [4.69, 9.17) is 4.74 Å². The van der Waals surface area contributed by atoms with Gasteiger partial charge in [-0.1, -0.05) is 44.1 Å². The zero-order valence-electron chi connectivity index (χ0n) is 16.8. The summed E-state index contributed by atoms with van der Waals surface area (Å²) in [6, 6.07) is 0. The standard InChI is InChI=1S/C23H32O3/c1-14(2)18-10-11-23(5)20(18)8-9-22(26-16(4)25)15(3)19-7-6-17(13-24)12-21(19)23/h10,12-14,20-22H,6-9,11H2,1-5H3/t20?,21?,22-,23+/m0/s1. The molecule has 0 aliphatic heterocycles. The van der Waals surface area contributed by atoms with Crippen LogP contribution in [0.1, 0.15) is 66.7 Å². The molecule has 0 aromatic carbocycles. The number of hydrogen-bond donors (Lipinski definition) is 0. The van der Waals surface area contributed by atoms with Gasteiger partial charge < -0.3 is 4.74 Å². The third-order valence-electron chi connectivity index (χ3n) is 6.96. The van der Waals surface area contributed by atoms with Crippen LogP contribution in [-0.2, 0) is 14.3 Å².